The molecule has 0 aliphatic rings. The minimum absolute atomic E-state index is 0.0187. The van der Waals surface area contributed by atoms with Crippen LogP contribution in [0.25, 0.3) is 0 Å². The molecule has 21 N–H and O–H groups in total. The first-order valence-electron chi connectivity index (χ1n) is 21.0. The van der Waals surface area contributed by atoms with E-state index in [2.05, 4.69) is 47.2 Å². The van der Waals surface area contributed by atoms with Crippen molar-refractivity contribution in [3.8, 4) is 0 Å². The summed E-state index contributed by atoms with van der Waals surface area (Å²) in [4.78, 5) is 112. The van der Waals surface area contributed by atoms with Crippen molar-refractivity contribution in [1.82, 2.24) is 37.2 Å². The number of aliphatic imine (C=N–C) groups is 2. The number of nitrogens with one attached hydrogen (secondary N) is 7. The normalized spacial score (nSPS) is 14.3. The number of unbranched alkanes of at least 4 members (excludes halogenated alkanes) is 1. The van der Waals surface area contributed by atoms with Crippen molar-refractivity contribution in [3.05, 3.63) is 0 Å². The van der Waals surface area contributed by atoms with E-state index in [-0.39, 0.29) is 81.8 Å². The largest absolute Gasteiger partial charge is 0.480 e. The second-order valence-corrected chi connectivity index (χ2v) is 15.9. The van der Waals surface area contributed by atoms with E-state index in [1.54, 1.807) is 27.7 Å². The maximum atomic E-state index is 13.9. The second-order valence-electron chi connectivity index (χ2n) is 15.9. The summed E-state index contributed by atoms with van der Waals surface area (Å²) >= 11 is 0. The lowest BCUT2D eigenvalue weighted by molar-refractivity contribution is -0.143. The van der Waals surface area contributed by atoms with Crippen LogP contribution in [0.1, 0.15) is 92.4 Å². The van der Waals surface area contributed by atoms with Gasteiger partial charge in [0.15, 0.2) is 11.9 Å². The Morgan fingerprint density at radius 3 is 1.32 bits per heavy atom. The zero-order valence-corrected chi connectivity index (χ0v) is 37.1. The number of carbonyl (C=O) groups is 8. The van der Waals surface area contributed by atoms with Gasteiger partial charge in [-0.2, -0.15) is 0 Å². The van der Waals surface area contributed by atoms with Crippen LogP contribution in [-0.4, -0.2) is 145 Å². The van der Waals surface area contributed by atoms with Crippen LogP contribution in [0.3, 0.4) is 0 Å². The minimum Gasteiger partial charge on any atom is -0.480 e. The molecular formula is C38H73N15O10. The molecule has 0 radical (unpaired) electrons. The minimum atomic E-state index is -1.52. The van der Waals surface area contributed by atoms with E-state index in [1.807, 2.05) is 0 Å². The number of aliphatic carboxylic acids is 1. The zero-order chi connectivity index (χ0) is 48.2. The molecule has 0 aromatic rings. The van der Waals surface area contributed by atoms with Crippen molar-refractivity contribution in [1.29, 1.82) is 0 Å². The molecule has 0 saturated carbocycles. The summed E-state index contributed by atoms with van der Waals surface area (Å²) < 4.78 is 0. The number of aliphatic hydroxyl groups excluding tert-OH is 1. The van der Waals surface area contributed by atoms with Crippen LogP contribution < -0.4 is 71.6 Å². The maximum Gasteiger partial charge on any atom is 0.326 e. The number of guanidine groups is 2. The molecule has 0 aliphatic carbocycles. The van der Waals surface area contributed by atoms with Gasteiger partial charge in [0, 0.05) is 13.1 Å². The first-order valence-corrected chi connectivity index (χ1v) is 21.0. The lowest BCUT2D eigenvalue weighted by atomic mass is 10.0. The van der Waals surface area contributed by atoms with E-state index in [1.165, 1.54) is 6.92 Å². The Hall–Kier alpha value is -5.82. The SMILES string of the molecule is CC(C)C[C@H](NC(=O)[C@H](CCCN=C(N)N)NC(=O)[C@H](CCCN=C(N)N)NC(=O)[C@H](CC(C)C)NC(=O)CNC(=O)[C@H](CO)NC(=O)[C@H](CCCCN)NC(=O)[C@H](C)N)C(=O)O. The molecule has 0 aliphatic heterocycles. The standard InChI is InChI=1S/C38H73N15O10/c1-20(2)16-26(48-29(55)18-47-31(57)28(19-54)53-34(60)23(10-6-7-13-39)49-30(56)22(5)40)35(61)51-24(11-8-14-45-37(41)42)32(58)50-25(12-9-15-46-38(43)44)33(59)52-27(36(62)63)17-21(3)4/h20-28,54H,6-19,39-40H2,1-5H3,(H,47,57)(H,48,55)(H,49,56)(H,50,58)(H,51,61)(H,52,59)(H,53,60)(H,62,63)(H4,41,42,45)(H4,43,44,46)/t22-,23-,24-,25-,26-,27-,28-/m0/s1. The molecule has 63 heavy (non-hydrogen) atoms. The van der Waals surface area contributed by atoms with Crippen molar-refractivity contribution < 1.29 is 48.6 Å². The number of carboxylic acid groups (broad SMARTS) is 1. The molecule has 0 spiro atoms. The molecule has 0 bridgehead atoms. The summed E-state index contributed by atoms with van der Waals surface area (Å²) in [6, 6.07) is -8.64. The fraction of sp³-hybridized carbons (Fsp3) is 0.737. The van der Waals surface area contributed by atoms with Gasteiger partial charge in [0.25, 0.3) is 0 Å². The topological polar surface area (TPSA) is 442 Å². The van der Waals surface area contributed by atoms with Crippen molar-refractivity contribution in [2.45, 2.75) is 135 Å². The molecule has 360 valence electrons. The third-order valence-electron chi connectivity index (χ3n) is 9.07. The Kier molecular flexibility index (Phi) is 28.2. The van der Waals surface area contributed by atoms with Crippen molar-refractivity contribution in [3.63, 3.8) is 0 Å². The summed E-state index contributed by atoms with van der Waals surface area (Å²) in [6.45, 7) is 7.48. The van der Waals surface area contributed by atoms with Gasteiger partial charge in [0.1, 0.15) is 36.3 Å². The van der Waals surface area contributed by atoms with E-state index in [0.29, 0.717) is 19.4 Å². The molecule has 25 nitrogen and oxygen atoms in total. The van der Waals surface area contributed by atoms with Crippen LogP contribution >= 0.6 is 0 Å². The van der Waals surface area contributed by atoms with Crippen LogP contribution in [-0.2, 0) is 38.4 Å². The highest BCUT2D eigenvalue weighted by Crippen LogP contribution is 2.10. The van der Waals surface area contributed by atoms with Gasteiger partial charge < -0.3 is 81.8 Å². The highest BCUT2D eigenvalue weighted by atomic mass is 16.4. The molecule has 0 fully saturated rings. The van der Waals surface area contributed by atoms with Crippen LogP contribution in [0.2, 0.25) is 0 Å². The molecule has 0 saturated heterocycles. The Labute approximate surface area is 368 Å². The van der Waals surface area contributed by atoms with Crippen molar-refractivity contribution in [2.75, 3.05) is 32.8 Å². The molecule has 7 atom stereocenters. The predicted molar refractivity (Wildman–Crippen MR) is 235 cm³/mol. The number of carbonyl (C=O) groups excluding carboxylic acids is 7. The molecule has 7 amide bonds. The number of rotatable bonds is 32. The third kappa shape index (κ3) is 25.7. The van der Waals surface area contributed by atoms with Crippen LogP contribution in [0.15, 0.2) is 9.98 Å². The Morgan fingerprint density at radius 1 is 0.524 bits per heavy atom. The van der Waals surface area contributed by atoms with E-state index in [0.717, 1.165) is 0 Å². The first kappa shape index (κ1) is 57.2. The van der Waals surface area contributed by atoms with Crippen molar-refractivity contribution >= 4 is 59.2 Å². The quantitative estimate of drug-likeness (QED) is 0.0170. The molecular weight excluding hydrogens is 827 g/mol. The Morgan fingerprint density at radius 2 is 0.921 bits per heavy atom. The van der Waals surface area contributed by atoms with Gasteiger partial charge in [-0.05, 0) is 83.1 Å². The number of hydrogen-bond acceptors (Lipinski definition) is 13. The number of hydrogen-bond donors (Lipinski definition) is 15. The average Bonchev–Trinajstić information content (AvgIpc) is 3.19. The van der Waals surface area contributed by atoms with Crippen LogP contribution in [0.5, 0.6) is 0 Å². The lowest BCUT2D eigenvalue weighted by Gasteiger charge is -2.27. The second kappa shape index (κ2) is 31.1. The summed E-state index contributed by atoms with van der Waals surface area (Å²) in [5.74, 6) is -7.52. The monoisotopic (exact) mass is 900 g/mol. The summed E-state index contributed by atoms with van der Waals surface area (Å²) in [7, 11) is 0. The van der Waals surface area contributed by atoms with Crippen LogP contribution in [0.4, 0.5) is 0 Å². The Balaban J connectivity index is 6.18. The number of carboxylic acids is 1. The van der Waals surface area contributed by atoms with E-state index < -0.39 is 103 Å². The molecule has 25 heteroatoms. The summed E-state index contributed by atoms with van der Waals surface area (Å²) in [5.41, 5.74) is 32.9. The molecule has 0 aromatic heterocycles. The predicted octanol–water partition coefficient (Wildman–Crippen LogP) is -5.24. The Bertz CT molecular complexity index is 1550. The van der Waals surface area contributed by atoms with E-state index in [9.17, 15) is 48.6 Å². The van der Waals surface area contributed by atoms with Gasteiger partial charge in [-0.15, -0.1) is 0 Å². The maximum absolute atomic E-state index is 13.9. The van der Waals surface area contributed by atoms with Crippen LogP contribution in [0, 0.1) is 11.8 Å². The highest BCUT2D eigenvalue weighted by Gasteiger charge is 2.32. The van der Waals surface area contributed by atoms with E-state index >= 15 is 0 Å². The van der Waals surface area contributed by atoms with Gasteiger partial charge >= 0.3 is 5.97 Å². The average molecular weight is 900 g/mol. The van der Waals surface area contributed by atoms with Gasteiger partial charge in [0.05, 0.1) is 19.2 Å². The van der Waals surface area contributed by atoms with Gasteiger partial charge in [-0.1, -0.05) is 27.7 Å². The van der Waals surface area contributed by atoms with Crippen molar-refractivity contribution in [2.24, 2.45) is 56.2 Å². The highest BCUT2D eigenvalue weighted by molar-refractivity contribution is 5.96. The fourth-order valence-electron chi connectivity index (χ4n) is 5.82. The smallest absolute Gasteiger partial charge is 0.326 e. The number of amides is 7. The lowest BCUT2D eigenvalue weighted by Crippen LogP contribution is -2.59. The van der Waals surface area contributed by atoms with E-state index in [4.69, 9.17) is 34.4 Å². The number of nitrogens with two attached hydrogens (primary N) is 6. The molecule has 0 heterocycles. The molecule has 0 rings (SSSR count). The molecule has 0 aromatic carbocycles. The summed E-state index contributed by atoms with van der Waals surface area (Å²) in [6.07, 6.45) is 1.68. The van der Waals surface area contributed by atoms with Gasteiger partial charge in [0.2, 0.25) is 41.4 Å². The van der Waals surface area contributed by atoms with Gasteiger partial charge in [-0.3, -0.25) is 43.5 Å². The fourth-order valence-corrected chi connectivity index (χ4v) is 5.82. The zero-order valence-electron chi connectivity index (χ0n) is 37.1. The third-order valence-corrected chi connectivity index (χ3v) is 9.07. The summed E-state index contributed by atoms with van der Waals surface area (Å²) in [5, 5.41) is 37.0. The number of aliphatic hydroxyl groups is 1. The first-order chi connectivity index (χ1) is 29.5. The molecule has 0 unspecified atom stereocenters. The number of nitrogens with zero attached hydrogens (tertiary/aromatic N) is 2. The van der Waals surface area contributed by atoms with Gasteiger partial charge in [-0.25, -0.2) is 4.79 Å².